The Balaban J connectivity index is 2.26. The predicted octanol–water partition coefficient (Wildman–Crippen LogP) is 1.69. The average molecular weight is 169 g/mol. The van der Waals surface area contributed by atoms with E-state index in [0.29, 0.717) is 6.54 Å². The molecule has 0 aromatic heterocycles. The second-order valence-corrected chi connectivity index (χ2v) is 3.54. The van der Waals surface area contributed by atoms with Crippen LogP contribution in [-0.2, 0) is 0 Å². The molecule has 0 saturated carbocycles. The Morgan fingerprint density at radius 1 is 1.67 bits per heavy atom. The Hall–Kier alpha value is -0.550. The van der Waals surface area contributed by atoms with E-state index in [0.717, 1.165) is 25.9 Å². The van der Waals surface area contributed by atoms with Crippen LogP contribution in [-0.4, -0.2) is 30.7 Å². The van der Waals surface area contributed by atoms with E-state index < -0.39 is 6.17 Å². The smallest absolute Gasteiger partial charge is 0.115 e. The molecule has 0 aromatic carbocycles. The van der Waals surface area contributed by atoms with Crippen molar-refractivity contribution in [2.45, 2.75) is 25.9 Å². The van der Waals surface area contributed by atoms with E-state index in [-0.39, 0.29) is 5.92 Å². The van der Waals surface area contributed by atoms with Gasteiger partial charge in [0.2, 0.25) is 0 Å². The van der Waals surface area contributed by atoms with Gasteiger partial charge < -0.3 is 0 Å². The van der Waals surface area contributed by atoms with Gasteiger partial charge >= 0.3 is 0 Å². The van der Waals surface area contributed by atoms with E-state index in [4.69, 9.17) is 6.42 Å². The largest absolute Gasteiger partial charge is 0.299 e. The van der Waals surface area contributed by atoms with E-state index in [1.54, 1.807) is 0 Å². The molecule has 2 unspecified atom stereocenters. The third-order valence-corrected chi connectivity index (χ3v) is 2.52. The number of terminal acetylenes is 1. The van der Waals surface area contributed by atoms with Gasteiger partial charge in [0.05, 0.1) is 0 Å². The molecule has 1 aliphatic heterocycles. The molecule has 0 amide bonds. The topological polar surface area (TPSA) is 3.24 Å². The molecule has 0 aliphatic carbocycles. The summed E-state index contributed by atoms with van der Waals surface area (Å²) in [7, 11) is 0. The van der Waals surface area contributed by atoms with Crippen molar-refractivity contribution in [3.63, 3.8) is 0 Å². The highest BCUT2D eigenvalue weighted by atomic mass is 19.1. The van der Waals surface area contributed by atoms with Crippen molar-refractivity contribution in [2.24, 2.45) is 5.92 Å². The van der Waals surface area contributed by atoms with Crippen molar-refractivity contribution in [1.82, 2.24) is 4.90 Å². The minimum absolute atomic E-state index is 0.229. The second-order valence-electron chi connectivity index (χ2n) is 3.54. The average Bonchev–Trinajstić information content (AvgIpc) is 2.07. The van der Waals surface area contributed by atoms with Gasteiger partial charge in [-0.25, -0.2) is 4.39 Å². The Bertz CT molecular complexity index is 173. The Morgan fingerprint density at radius 2 is 2.42 bits per heavy atom. The van der Waals surface area contributed by atoms with Crippen LogP contribution < -0.4 is 0 Å². The molecule has 12 heavy (non-hydrogen) atoms. The standard InChI is InChI=1S/C10H16FN/c1-3-4-6-12-7-5-9(2)10(11)8-12/h1,9-10H,4-8H2,2H3. The van der Waals surface area contributed by atoms with Crippen molar-refractivity contribution in [3.05, 3.63) is 0 Å². The van der Waals surface area contributed by atoms with E-state index >= 15 is 0 Å². The van der Waals surface area contributed by atoms with Crippen molar-refractivity contribution < 1.29 is 4.39 Å². The van der Waals surface area contributed by atoms with Crippen LogP contribution in [0.2, 0.25) is 0 Å². The Morgan fingerprint density at radius 3 is 3.00 bits per heavy atom. The predicted molar refractivity (Wildman–Crippen MR) is 48.6 cm³/mol. The van der Waals surface area contributed by atoms with Crippen LogP contribution in [0.3, 0.4) is 0 Å². The second kappa shape index (κ2) is 4.47. The third-order valence-electron chi connectivity index (χ3n) is 2.52. The van der Waals surface area contributed by atoms with Gasteiger partial charge in [-0.05, 0) is 18.9 Å². The van der Waals surface area contributed by atoms with Crippen molar-refractivity contribution in [2.75, 3.05) is 19.6 Å². The van der Waals surface area contributed by atoms with Gasteiger partial charge in [0.25, 0.3) is 0 Å². The number of nitrogens with zero attached hydrogens (tertiary/aromatic N) is 1. The number of piperidine rings is 1. The quantitative estimate of drug-likeness (QED) is 0.569. The zero-order valence-electron chi connectivity index (χ0n) is 7.59. The van der Waals surface area contributed by atoms with Gasteiger partial charge in [-0.1, -0.05) is 6.92 Å². The number of halogens is 1. The molecule has 1 saturated heterocycles. The van der Waals surface area contributed by atoms with Gasteiger partial charge in [-0.3, -0.25) is 4.90 Å². The number of alkyl halides is 1. The number of hydrogen-bond acceptors (Lipinski definition) is 1. The minimum Gasteiger partial charge on any atom is -0.299 e. The summed E-state index contributed by atoms with van der Waals surface area (Å²) in [5.74, 6) is 2.81. The summed E-state index contributed by atoms with van der Waals surface area (Å²) in [5.41, 5.74) is 0. The SMILES string of the molecule is C#CCCN1CCC(C)C(F)C1. The molecule has 0 N–H and O–H groups in total. The number of hydrogen-bond donors (Lipinski definition) is 0. The van der Waals surface area contributed by atoms with Crippen molar-refractivity contribution >= 4 is 0 Å². The monoisotopic (exact) mass is 169 g/mol. The van der Waals surface area contributed by atoms with Crippen molar-refractivity contribution in [1.29, 1.82) is 0 Å². The lowest BCUT2D eigenvalue weighted by atomic mass is 9.97. The molecular formula is C10H16FN. The lowest BCUT2D eigenvalue weighted by Gasteiger charge is -2.32. The Labute approximate surface area is 73.9 Å². The minimum atomic E-state index is -0.656. The maximum absolute atomic E-state index is 13.2. The summed E-state index contributed by atoms with van der Waals surface area (Å²) in [6.07, 6.45) is 6.18. The lowest BCUT2D eigenvalue weighted by molar-refractivity contribution is 0.0952. The summed E-state index contributed by atoms with van der Waals surface area (Å²) in [4.78, 5) is 2.12. The maximum atomic E-state index is 13.2. The fourth-order valence-corrected chi connectivity index (χ4v) is 1.51. The van der Waals surface area contributed by atoms with Crippen molar-refractivity contribution in [3.8, 4) is 12.3 Å². The molecule has 1 heterocycles. The number of rotatable bonds is 2. The first-order chi connectivity index (χ1) is 5.74. The summed E-state index contributed by atoms with van der Waals surface area (Å²) < 4.78 is 13.2. The summed E-state index contributed by atoms with van der Waals surface area (Å²) >= 11 is 0. The Kier molecular flexibility index (Phi) is 3.55. The highest BCUT2D eigenvalue weighted by Crippen LogP contribution is 2.19. The van der Waals surface area contributed by atoms with Gasteiger partial charge in [0, 0.05) is 19.5 Å². The van der Waals surface area contributed by atoms with Crippen LogP contribution in [0.1, 0.15) is 19.8 Å². The molecule has 0 aromatic rings. The molecule has 0 radical (unpaired) electrons. The molecule has 1 fully saturated rings. The number of likely N-dealkylation sites (tertiary alicyclic amines) is 1. The molecule has 0 bridgehead atoms. The van der Waals surface area contributed by atoms with Crippen LogP contribution in [0.5, 0.6) is 0 Å². The van der Waals surface area contributed by atoms with Gasteiger partial charge in [-0.15, -0.1) is 12.3 Å². The van der Waals surface area contributed by atoms with Gasteiger partial charge in [0.15, 0.2) is 0 Å². The molecule has 0 spiro atoms. The molecule has 1 aliphatic rings. The summed E-state index contributed by atoms with van der Waals surface area (Å²) in [5, 5.41) is 0. The molecule has 1 nitrogen and oxygen atoms in total. The molecular weight excluding hydrogens is 153 g/mol. The van der Waals surface area contributed by atoms with Crippen LogP contribution >= 0.6 is 0 Å². The van der Waals surface area contributed by atoms with Gasteiger partial charge in [-0.2, -0.15) is 0 Å². The molecule has 68 valence electrons. The van der Waals surface area contributed by atoms with Gasteiger partial charge in [0.1, 0.15) is 6.17 Å². The van der Waals surface area contributed by atoms with E-state index in [1.165, 1.54) is 0 Å². The lowest BCUT2D eigenvalue weighted by Crippen LogP contribution is -2.41. The van der Waals surface area contributed by atoms with Crippen LogP contribution in [0, 0.1) is 18.3 Å². The summed E-state index contributed by atoms with van der Waals surface area (Å²) in [6.45, 7) is 4.40. The molecule has 2 heteroatoms. The fourth-order valence-electron chi connectivity index (χ4n) is 1.51. The summed E-state index contributed by atoms with van der Waals surface area (Å²) in [6, 6.07) is 0. The third kappa shape index (κ3) is 2.49. The van der Waals surface area contributed by atoms with Crippen LogP contribution in [0.15, 0.2) is 0 Å². The highest BCUT2D eigenvalue weighted by Gasteiger charge is 2.24. The van der Waals surface area contributed by atoms with E-state index in [1.807, 2.05) is 6.92 Å². The zero-order chi connectivity index (χ0) is 8.97. The van der Waals surface area contributed by atoms with E-state index in [9.17, 15) is 4.39 Å². The van der Waals surface area contributed by atoms with Crippen LogP contribution in [0.25, 0.3) is 0 Å². The first-order valence-corrected chi connectivity index (χ1v) is 4.54. The fraction of sp³-hybridized carbons (Fsp3) is 0.800. The molecule has 1 rings (SSSR count). The van der Waals surface area contributed by atoms with E-state index in [2.05, 4.69) is 10.8 Å². The first kappa shape index (κ1) is 9.54. The molecule has 2 atom stereocenters. The normalized spacial score (nSPS) is 31.4. The maximum Gasteiger partial charge on any atom is 0.115 e. The van der Waals surface area contributed by atoms with Crippen LogP contribution in [0.4, 0.5) is 4.39 Å². The first-order valence-electron chi connectivity index (χ1n) is 4.54. The zero-order valence-corrected chi connectivity index (χ0v) is 7.59. The highest BCUT2D eigenvalue weighted by molar-refractivity contribution is 4.86.